The molecule has 0 spiro atoms. The molecule has 0 aromatic rings. The standard InChI is InChI=1S/C9H16O2S/c1-2-3-8-12(10,11)9-6-4-5-7-9/h2-3,9H,4-8H2,1H3/b3-2+. The number of sulfone groups is 1. The van der Waals surface area contributed by atoms with Crippen LogP contribution in [0.2, 0.25) is 0 Å². The highest BCUT2D eigenvalue weighted by atomic mass is 32.2. The molecule has 0 saturated heterocycles. The molecule has 0 heterocycles. The molecule has 0 aliphatic heterocycles. The van der Waals surface area contributed by atoms with Crippen LogP contribution in [-0.2, 0) is 9.84 Å². The molecule has 1 aliphatic rings. The van der Waals surface area contributed by atoms with Gasteiger partial charge in [-0.3, -0.25) is 0 Å². The molecule has 0 amide bonds. The van der Waals surface area contributed by atoms with Gasteiger partial charge in [0.25, 0.3) is 0 Å². The Morgan fingerprint density at radius 3 is 2.42 bits per heavy atom. The summed E-state index contributed by atoms with van der Waals surface area (Å²) in [6.45, 7) is 1.85. The lowest BCUT2D eigenvalue weighted by atomic mass is 10.4. The van der Waals surface area contributed by atoms with E-state index in [9.17, 15) is 8.42 Å². The number of hydrogen-bond donors (Lipinski definition) is 0. The molecule has 0 atom stereocenters. The van der Waals surface area contributed by atoms with Crippen molar-refractivity contribution in [1.82, 2.24) is 0 Å². The Bertz CT molecular complexity index is 246. The van der Waals surface area contributed by atoms with E-state index in [1.807, 2.05) is 6.92 Å². The van der Waals surface area contributed by atoms with Crippen molar-refractivity contribution in [2.45, 2.75) is 37.9 Å². The van der Waals surface area contributed by atoms with Crippen LogP contribution in [0.4, 0.5) is 0 Å². The van der Waals surface area contributed by atoms with Gasteiger partial charge in [-0.1, -0.05) is 25.0 Å². The molecule has 1 saturated carbocycles. The Morgan fingerprint density at radius 1 is 1.33 bits per heavy atom. The van der Waals surface area contributed by atoms with Gasteiger partial charge in [0.2, 0.25) is 0 Å². The van der Waals surface area contributed by atoms with Crippen molar-refractivity contribution < 1.29 is 8.42 Å². The van der Waals surface area contributed by atoms with Gasteiger partial charge in [-0.2, -0.15) is 0 Å². The van der Waals surface area contributed by atoms with Gasteiger partial charge in [-0.15, -0.1) is 0 Å². The van der Waals surface area contributed by atoms with Crippen molar-refractivity contribution in [2.24, 2.45) is 0 Å². The fourth-order valence-electron chi connectivity index (χ4n) is 1.61. The van der Waals surface area contributed by atoms with Crippen molar-refractivity contribution >= 4 is 9.84 Å². The van der Waals surface area contributed by atoms with E-state index in [2.05, 4.69) is 0 Å². The van der Waals surface area contributed by atoms with Gasteiger partial charge >= 0.3 is 0 Å². The van der Waals surface area contributed by atoms with Gasteiger partial charge in [0.15, 0.2) is 9.84 Å². The fourth-order valence-corrected chi connectivity index (χ4v) is 3.40. The molecule has 0 aromatic carbocycles. The lowest BCUT2D eigenvalue weighted by molar-refractivity contribution is 0.583. The minimum absolute atomic E-state index is 0.0475. The van der Waals surface area contributed by atoms with Crippen LogP contribution in [0.25, 0.3) is 0 Å². The Morgan fingerprint density at radius 2 is 1.92 bits per heavy atom. The highest BCUT2D eigenvalue weighted by Gasteiger charge is 2.27. The molecule has 0 radical (unpaired) electrons. The monoisotopic (exact) mass is 188 g/mol. The largest absolute Gasteiger partial charge is 0.228 e. The lowest BCUT2D eigenvalue weighted by Gasteiger charge is -2.07. The Hall–Kier alpha value is -0.310. The highest BCUT2D eigenvalue weighted by molar-refractivity contribution is 7.92. The smallest absolute Gasteiger partial charge is 0.156 e. The minimum Gasteiger partial charge on any atom is -0.228 e. The molecular formula is C9H16O2S. The average Bonchev–Trinajstić information content (AvgIpc) is 2.53. The maximum Gasteiger partial charge on any atom is 0.156 e. The first kappa shape index (κ1) is 9.78. The maximum absolute atomic E-state index is 11.5. The molecule has 2 nitrogen and oxygen atoms in total. The summed E-state index contributed by atoms with van der Waals surface area (Å²) in [4.78, 5) is 0. The molecule has 0 N–H and O–H groups in total. The SMILES string of the molecule is C/C=C/CS(=O)(=O)C1CCCC1. The molecule has 3 heteroatoms. The van der Waals surface area contributed by atoms with Crippen LogP contribution in [0.3, 0.4) is 0 Å². The molecule has 70 valence electrons. The molecule has 1 rings (SSSR count). The summed E-state index contributed by atoms with van der Waals surface area (Å²) in [5.41, 5.74) is 0. The van der Waals surface area contributed by atoms with Crippen LogP contribution >= 0.6 is 0 Å². The van der Waals surface area contributed by atoms with E-state index in [-0.39, 0.29) is 11.0 Å². The summed E-state index contributed by atoms with van der Waals surface area (Å²) in [6, 6.07) is 0. The zero-order chi connectivity index (χ0) is 9.03. The zero-order valence-corrected chi connectivity index (χ0v) is 8.31. The number of allylic oxidation sites excluding steroid dienone is 1. The van der Waals surface area contributed by atoms with E-state index in [0.29, 0.717) is 0 Å². The fraction of sp³-hybridized carbons (Fsp3) is 0.778. The van der Waals surface area contributed by atoms with Crippen molar-refractivity contribution in [3.05, 3.63) is 12.2 Å². The van der Waals surface area contributed by atoms with Gasteiger partial charge in [-0.25, -0.2) is 8.42 Å². The molecule has 0 aromatic heterocycles. The minimum atomic E-state index is -2.81. The summed E-state index contributed by atoms with van der Waals surface area (Å²) >= 11 is 0. The highest BCUT2D eigenvalue weighted by Crippen LogP contribution is 2.25. The summed E-state index contributed by atoms with van der Waals surface area (Å²) in [5, 5.41) is -0.0475. The third-order valence-electron chi connectivity index (χ3n) is 2.37. The van der Waals surface area contributed by atoms with Crippen molar-refractivity contribution in [2.75, 3.05) is 5.75 Å². The van der Waals surface area contributed by atoms with Crippen LogP contribution in [0, 0.1) is 0 Å². The van der Waals surface area contributed by atoms with Crippen LogP contribution < -0.4 is 0 Å². The molecule has 0 unspecified atom stereocenters. The van der Waals surface area contributed by atoms with Crippen LogP contribution in [0.1, 0.15) is 32.6 Å². The first-order chi connectivity index (χ1) is 5.67. The lowest BCUT2D eigenvalue weighted by Crippen LogP contribution is -2.19. The second-order valence-electron chi connectivity index (χ2n) is 3.31. The van der Waals surface area contributed by atoms with E-state index in [0.717, 1.165) is 25.7 Å². The predicted octanol–water partition coefficient (Wildman–Crippen LogP) is 1.92. The van der Waals surface area contributed by atoms with Crippen molar-refractivity contribution in [3.8, 4) is 0 Å². The summed E-state index contributed by atoms with van der Waals surface area (Å²) in [7, 11) is -2.81. The summed E-state index contributed by atoms with van der Waals surface area (Å²) in [5.74, 6) is 0.230. The van der Waals surface area contributed by atoms with Crippen molar-refractivity contribution in [3.63, 3.8) is 0 Å². The quantitative estimate of drug-likeness (QED) is 0.634. The van der Waals surface area contributed by atoms with Gasteiger partial charge in [-0.05, 0) is 19.8 Å². The summed E-state index contributed by atoms with van der Waals surface area (Å²) in [6.07, 6.45) is 7.44. The van der Waals surface area contributed by atoms with Gasteiger partial charge in [0.1, 0.15) is 0 Å². The molecular weight excluding hydrogens is 172 g/mol. The Labute approximate surface area is 74.6 Å². The van der Waals surface area contributed by atoms with Crippen LogP contribution in [0.5, 0.6) is 0 Å². The first-order valence-corrected chi connectivity index (χ1v) is 6.21. The van der Waals surface area contributed by atoms with Crippen LogP contribution in [0.15, 0.2) is 12.2 Å². The van der Waals surface area contributed by atoms with E-state index in [4.69, 9.17) is 0 Å². The average molecular weight is 188 g/mol. The topological polar surface area (TPSA) is 34.1 Å². The van der Waals surface area contributed by atoms with Gasteiger partial charge in [0.05, 0.1) is 11.0 Å². The molecule has 12 heavy (non-hydrogen) atoms. The van der Waals surface area contributed by atoms with Gasteiger partial charge < -0.3 is 0 Å². The van der Waals surface area contributed by atoms with E-state index in [1.54, 1.807) is 12.2 Å². The van der Waals surface area contributed by atoms with Gasteiger partial charge in [0, 0.05) is 0 Å². The van der Waals surface area contributed by atoms with E-state index < -0.39 is 9.84 Å². The summed E-state index contributed by atoms with van der Waals surface area (Å²) < 4.78 is 23.1. The normalized spacial score (nSPS) is 20.8. The molecule has 0 bridgehead atoms. The number of rotatable bonds is 3. The molecule has 1 aliphatic carbocycles. The predicted molar refractivity (Wildman–Crippen MR) is 50.9 cm³/mol. The van der Waals surface area contributed by atoms with Crippen LogP contribution in [-0.4, -0.2) is 19.4 Å². The number of hydrogen-bond acceptors (Lipinski definition) is 2. The van der Waals surface area contributed by atoms with E-state index >= 15 is 0 Å². The second-order valence-corrected chi connectivity index (χ2v) is 5.63. The molecule has 1 fully saturated rings. The Kier molecular flexibility index (Phi) is 3.32. The first-order valence-electron chi connectivity index (χ1n) is 4.49. The third kappa shape index (κ3) is 2.34. The maximum atomic E-state index is 11.5. The third-order valence-corrected chi connectivity index (χ3v) is 4.52. The second kappa shape index (κ2) is 4.08. The van der Waals surface area contributed by atoms with E-state index in [1.165, 1.54) is 0 Å². The van der Waals surface area contributed by atoms with Crippen molar-refractivity contribution in [1.29, 1.82) is 0 Å². The Balaban J connectivity index is 2.58. The zero-order valence-electron chi connectivity index (χ0n) is 7.49.